The molecule has 1 amide bonds. The summed E-state index contributed by atoms with van der Waals surface area (Å²) in [5.74, 6) is 0.0870. The fourth-order valence-electron chi connectivity index (χ4n) is 3.52. The largest absolute Gasteiger partial charge is 0.324 e. The molecular weight excluding hydrogens is 308 g/mol. The van der Waals surface area contributed by atoms with Gasteiger partial charge in [0.25, 0.3) is 0 Å². The second kappa shape index (κ2) is 8.82. The first kappa shape index (κ1) is 17.7. The average molecular weight is 336 g/mol. The minimum absolute atomic E-state index is 0.0870. The van der Waals surface area contributed by atoms with Gasteiger partial charge in [-0.1, -0.05) is 67.8 Å². The summed E-state index contributed by atoms with van der Waals surface area (Å²) in [6.07, 6.45) is 6.28. The topological polar surface area (TPSA) is 32.3 Å². The second-order valence-corrected chi connectivity index (χ2v) is 6.88. The van der Waals surface area contributed by atoms with Crippen molar-refractivity contribution in [3.63, 3.8) is 0 Å². The average Bonchev–Trinajstić information content (AvgIpc) is 2.62. The van der Waals surface area contributed by atoms with Crippen LogP contribution in [0.15, 0.2) is 54.6 Å². The monoisotopic (exact) mass is 336 g/mol. The first-order chi connectivity index (χ1) is 12.3. The summed E-state index contributed by atoms with van der Waals surface area (Å²) in [7, 11) is 0. The van der Waals surface area contributed by atoms with Crippen LogP contribution in [-0.2, 0) is 4.79 Å². The number of likely N-dealkylation sites (tertiary alicyclic amines) is 1. The van der Waals surface area contributed by atoms with Crippen LogP contribution >= 0.6 is 0 Å². The summed E-state index contributed by atoms with van der Waals surface area (Å²) in [6.45, 7) is 4.08. The van der Waals surface area contributed by atoms with E-state index in [-0.39, 0.29) is 11.9 Å². The van der Waals surface area contributed by atoms with E-state index >= 15 is 0 Å². The van der Waals surface area contributed by atoms with Gasteiger partial charge in [-0.2, -0.15) is 0 Å². The number of carbonyl (C=O) groups excluding carboxylic acids is 1. The van der Waals surface area contributed by atoms with Crippen LogP contribution in [0.5, 0.6) is 0 Å². The first-order valence-corrected chi connectivity index (χ1v) is 9.45. The molecule has 0 aliphatic carbocycles. The van der Waals surface area contributed by atoms with Gasteiger partial charge in [0.05, 0.1) is 6.04 Å². The zero-order chi connectivity index (χ0) is 17.5. The summed E-state index contributed by atoms with van der Waals surface area (Å²) in [5, 5.41) is 3.16. The molecule has 1 heterocycles. The number of amides is 1. The number of rotatable bonds is 4. The molecule has 3 rings (SSSR count). The molecule has 1 atom stereocenters. The molecule has 0 radical (unpaired) electrons. The van der Waals surface area contributed by atoms with Gasteiger partial charge in [-0.05, 0) is 44.5 Å². The predicted octanol–water partition coefficient (Wildman–Crippen LogP) is 4.95. The Balaban J connectivity index is 1.72. The fraction of sp³-hybridized carbons (Fsp3) is 0.409. The van der Waals surface area contributed by atoms with Gasteiger partial charge >= 0.3 is 0 Å². The van der Waals surface area contributed by atoms with Gasteiger partial charge in [0, 0.05) is 11.3 Å². The van der Waals surface area contributed by atoms with Crippen molar-refractivity contribution in [1.82, 2.24) is 4.90 Å². The van der Waals surface area contributed by atoms with E-state index in [1.807, 2.05) is 43.3 Å². The zero-order valence-corrected chi connectivity index (χ0v) is 15.1. The van der Waals surface area contributed by atoms with Crippen LogP contribution in [0.1, 0.15) is 39.0 Å². The van der Waals surface area contributed by atoms with E-state index in [0.717, 1.165) is 29.9 Å². The molecule has 2 aromatic carbocycles. The molecule has 132 valence electrons. The molecular formula is C22H28N2O. The van der Waals surface area contributed by atoms with E-state index in [0.29, 0.717) is 0 Å². The van der Waals surface area contributed by atoms with Crippen molar-refractivity contribution in [2.75, 3.05) is 18.4 Å². The van der Waals surface area contributed by atoms with Crippen molar-refractivity contribution in [1.29, 1.82) is 0 Å². The molecule has 1 N–H and O–H groups in total. The molecule has 0 bridgehead atoms. The Morgan fingerprint density at radius 2 is 1.48 bits per heavy atom. The number of benzene rings is 2. The van der Waals surface area contributed by atoms with E-state index in [1.165, 1.54) is 32.1 Å². The Bertz CT molecular complexity index is 675. The van der Waals surface area contributed by atoms with Crippen molar-refractivity contribution in [2.45, 2.75) is 45.1 Å². The predicted molar refractivity (Wildman–Crippen MR) is 105 cm³/mol. The Morgan fingerprint density at radius 1 is 0.880 bits per heavy atom. The Labute approximate surface area is 151 Å². The van der Waals surface area contributed by atoms with Crippen molar-refractivity contribution < 1.29 is 4.79 Å². The molecule has 1 unspecified atom stereocenters. The lowest BCUT2D eigenvalue weighted by molar-refractivity contribution is -0.120. The SMILES string of the molecule is CC(C(=O)Nc1ccccc1-c1ccccc1)N1CCCCCCC1. The van der Waals surface area contributed by atoms with Gasteiger partial charge < -0.3 is 5.32 Å². The molecule has 0 aromatic heterocycles. The normalized spacial score (nSPS) is 17.3. The van der Waals surface area contributed by atoms with Crippen LogP contribution in [0.25, 0.3) is 11.1 Å². The molecule has 3 nitrogen and oxygen atoms in total. The standard InChI is InChI=1S/C22H28N2O/c1-18(24-16-10-3-2-4-11-17-24)22(25)23-21-15-9-8-14-20(21)19-12-6-5-7-13-19/h5-9,12-15,18H,2-4,10-11,16-17H2,1H3,(H,23,25). The number of anilines is 1. The van der Waals surface area contributed by atoms with Crippen LogP contribution in [0.2, 0.25) is 0 Å². The van der Waals surface area contributed by atoms with E-state index in [4.69, 9.17) is 0 Å². The first-order valence-electron chi connectivity index (χ1n) is 9.45. The van der Waals surface area contributed by atoms with E-state index in [2.05, 4.69) is 28.4 Å². The van der Waals surface area contributed by atoms with Gasteiger partial charge in [-0.3, -0.25) is 9.69 Å². The molecule has 2 aromatic rings. The Hall–Kier alpha value is -2.13. The Kier molecular flexibility index (Phi) is 6.24. The highest BCUT2D eigenvalue weighted by molar-refractivity contribution is 5.98. The lowest BCUT2D eigenvalue weighted by atomic mass is 10.0. The highest BCUT2D eigenvalue weighted by Gasteiger charge is 2.22. The molecule has 3 heteroatoms. The summed E-state index contributed by atoms with van der Waals surface area (Å²) < 4.78 is 0. The summed E-state index contributed by atoms with van der Waals surface area (Å²) >= 11 is 0. The molecule has 25 heavy (non-hydrogen) atoms. The molecule has 1 saturated heterocycles. The maximum atomic E-state index is 12.8. The number of para-hydroxylation sites is 1. The third-order valence-corrected chi connectivity index (χ3v) is 5.09. The Morgan fingerprint density at radius 3 is 2.20 bits per heavy atom. The fourth-order valence-corrected chi connectivity index (χ4v) is 3.52. The van der Waals surface area contributed by atoms with Crippen molar-refractivity contribution in [3.8, 4) is 11.1 Å². The number of nitrogens with one attached hydrogen (secondary N) is 1. The molecule has 1 aliphatic heterocycles. The van der Waals surface area contributed by atoms with Crippen LogP contribution in [0.4, 0.5) is 5.69 Å². The quantitative estimate of drug-likeness (QED) is 0.857. The maximum absolute atomic E-state index is 12.8. The highest BCUT2D eigenvalue weighted by atomic mass is 16.2. The number of nitrogens with zero attached hydrogens (tertiary/aromatic N) is 1. The lowest BCUT2D eigenvalue weighted by Gasteiger charge is -2.30. The zero-order valence-electron chi connectivity index (χ0n) is 15.1. The molecule has 0 saturated carbocycles. The molecule has 0 spiro atoms. The van der Waals surface area contributed by atoms with Crippen LogP contribution in [0.3, 0.4) is 0 Å². The summed E-state index contributed by atoms with van der Waals surface area (Å²) in [5.41, 5.74) is 3.08. The van der Waals surface area contributed by atoms with Crippen LogP contribution in [-0.4, -0.2) is 29.9 Å². The van der Waals surface area contributed by atoms with Gasteiger partial charge in [0.1, 0.15) is 0 Å². The summed E-state index contributed by atoms with van der Waals surface area (Å²) in [6, 6.07) is 18.2. The van der Waals surface area contributed by atoms with Crippen LogP contribution < -0.4 is 5.32 Å². The second-order valence-electron chi connectivity index (χ2n) is 6.88. The van der Waals surface area contributed by atoms with Crippen molar-refractivity contribution in [2.24, 2.45) is 0 Å². The smallest absolute Gasteiger partial charge is 0.241 e. The third-order valence-electron chi connectivity index (χ3n) is 5.09. The minimum Gasteiger partial charge on any atom is -0.324 e. The third kappa shape index (κ3) is 4.70. The van der Waals surface area contributed by atoms with E-state index in [9.17, 15) is 4.79 Å². The van der Waals surface area contributed by atoms with E-state index < -0.39 is 0 Å². The van der Waals surface area contributed by atoms with Gasteiger partial charge in [-0.15, -0.1) is 0 Å². The van der Waals surface area contributed by atoms with E-state index in [1.54, 1.807) is 0 Å². The van der Waals surface area contributed by atoms with Crippen molar-refractivity contribution >= 4 is 11.6 Å². The number of hydrogen-bond acceptors (Lipinski definition) is 2. The number of carbonyl (C=O) groups is 1. The van der Waals surface area contributed by atoms with Gasteiger partial charge in [0.15, 0.2) is 0 Å². The molecule has 1 fully saturated rings. The highest BCUT2D eigenvalue weighted by Crippen LogP contribution is 2.27. The minimum atomic E-state index is -0.0954. The van der Waals surface area contributed by atoms with Crippen LogP contribution in [0, 0.1) is 0 Å². The van der Waals surface area contributed by atoms with Gasteiger partial charge in [0.2, 0.25) is 5.91 Å². The van der Waals surface area contributed by atoms with Gasteiger partial charge in [-0.25, -0.2) is 0 Å². The maximum Gasteiger partial charge on any atom is 0.241 e. The number of hydrogen-bond donors (Lipinski definition) is 1. The summed E-state index contributed by atoms with van der Waals surface area (Å²) in [4.78, 5) is 15.2. The molecule has 1 aliphatic rings. The van der Waals surface area contributed by atoms with Crippen molar-refractivity contribution in [3.05, 3.63) is 54.6 Å². The lowest BCUT2D eigenvalue weighted by Crippen LogP contribution is -2.43.